The van der Waals surface area contributed by atoms with Gasteiger partial charge >= 0.3 is 0 Å². The molecule has 0 spiro atoms. The summed E-state index contributed by atoms with van der Waals surface area (Å²) in [6, 6.07) is 12.1. The van der Waals surface area contributed by atoms with Crippen LogP contribution < -0.4 is 5.32 Å². The number of hydrogen-bond donors (Lipinski definition) is 1. The van der Waals surface area contributed by atoms with E-state index in [2.05, 4.69) is 69.2 Å². The van der Waals surface area contributed by atoms with Crippen LogP contribution >= 0.6 is 70.0 Å². The zero-order valence-electron chi connectivity index (χ0n) is 15.7. The average Bonchev–Trinajstić information content (AvgIpc) is 2.63. The molecule has 0 radical (unpaired) electrons. The standard InChI is InChI=1S/C20H21I2N3O.2ClH/c1-3-25(4-2)10-9-23-20(26)19-15-11-13(21)5-7-17(15)24-18-8-6-14(22)12-16(18)19;;/h5-8,11-12H,3-4,9-10H2,1-2H3,(H,23,26);2*1H. The molecule has 0 aliphatic carbocycles. The number of nitrogens with zero attached hydrogens (tertiary/aromatic N) is 2. The topological polar surface area (TPSA) is 45.2 Å². The van der Waals surface area contributed by atoms with Crippen molar-refractivity contribution in [1.29, 1.82) is 0 Å². The maximum absolute atomic E-state index is 13.1. The van der Waals surface area contributed by atoms with Crippen LogP contribution in [-0.2, 0) is 0 Å². The van der Waals surface area contributed by atoms with Gasteiger partial charge in [0.05, 0.1) is 16.6 Å². The summed E-state index contributed by atoms with van der Waals surface area (Å²) in [6.07, 6.45) is 0. The van der Waals surface area contributed by atoms with Gasteiger partial charge in [-0.15, -0.1) is 24.8 Å². The molecule has 0 saturated carbocycles. The number of rotatable bonds is 6. The van der Waals surface area contributed by atoms with E-state index >= 15 is 0 Å². The first kappa shape index (κ1) is 25.6. The monoisotopic (exact) mass is 645 g/mol. The maximum atomic E-state index is 13.1. The molecule has 4 nitrogen and oxygen atoms in total. The first-order valence-electron chi connectivity index (χ1n) is 8.72. The molecule has 3 aromatic rings. The van der Waals surface area contributed by atoms with Crippen molar-refractivity contribution in [2.75, 3.05) is 26.2 Å². The highest BCUT2D eigenvalue weighted by Gasteiger charge is 2.17. The minimum absolute atomic E-state index is 0. The molecule has 0 atom stereocenters. The number of halogens is 4. The summed E-state index contributed by atoms with van der Waals surface area (Å²) >= 11 is 4.56. The average molecular weight is 646 g/mol. The van der Waals surface area contributed by atoms with E-state index in [1.165, 1.54) is 0 Å². The summed E-state index contributed by atoms with van der Waals surface area (Å²) in [4.78, 5) is 20.1. The molecule has 0 bridgehead atoms. The van der Waals surface area contributed by atoms with Gasteiger partial charge in [-0.05, 0) is 94.7 Å². The summed E-state index contributed by atoms with van der Waals surface area (Å²) in [6.45, 7) is 7.75. The van der Waals surface area contributed by atoms with E-state index in [0.717, 1.165) is 54.1 Å². The normalized spacial score (nSPS) is 10.6. The zero-order valence-corrected chi connectivity index (χ0v) is 21.6. The Morgan fingerprint density at radius 1 is 0.964 bits per heavy atom. The van der Waals surface area contributed by atoms with Gasteiger partial charge in [-0.3, -0.25) is 4.79 Å². The van der Waals surface area contributed by atoms with Crippen LogP contribution in [0.4, 0.5) is 0 Å². The molecule has 28 heavy (non-hydrogen) atoms. The van der Waals surface area contributed by atoms with E-state index in [-0.39, 0.29) is 30.7 Å². The van der Waals surface area contributed by atoms with Crippen molar-refractivity contribution in [1.82, 2.24) is 15.2 Å². The second kappa shape index (κ2) is 11.7. The molecule has 0 aliphatic heterocycles. The molecule has 1 aromatic heterocycles. The molecule has 1 N–H and O–H groups in total. The fourth-order valence-electron chi connectivity index (χ4n) is 3.09. The van der Waals surface area contributed by atoms with Gasteiger partial charge < -0.3 is 10.2 Å². The Hall–Kier alpha value is -0.420. The number of benzene rings is 2. The molecule has 8 heteroatoms. The molecule has 0 saturated heterocycles. The third-order valence-corrected chi connectivity index (χ3v) is 5.87. The van der Waals surface area contributed by atoms with Gasteiger partial charge in [0.2, 0.25) is 0 Å². The highest BCUT2D eigenvalue weighted by Crippen LogP contribution is 2.28. The van der Waals surface area contributed by atoms with Gasteiger partial charge in [-0.1, -0.05) is 13.8 Å². The highest BCUT2D eigenvalue weighted by atomic mass is 127. The number of fused-ring (bicyclic) bond motifs is 2. The van der Waals surface area contributed by atoms with Crippen molar-refractivity contribution < 1.29 is 4.79 Å². The number of carbonyl (C=O) groups excluding carboxylic acids is 1. The van der Waals surface area contributed by atoms with Crippen molar-refractivity contribution in [3.63, 3.8) is 0 Å². The lowest BCUT2D eigenvalue weighted by Gasteiger charge is -2.18. The Balaban J connectivity index is 0.00000196. The first-order valence-corrected chi connectivity index (χ1v) is 10.9. The smallest absolute Gasteiger partial charge is 0.252 e. The molecule has 0 unspecified atom stereocenters. The van der Waals surface area contributed by atoms with Crippen LogP contribution in [0.5, 0.6) is 0 Å². The minimum atomic E-state index is -0.0291. The van der Waals surface area contributed by atoms with Crippen molar-refractivity contribution in [2.24, 2.45) is 0 Å². The van der Waals surface area contributed by atoms with Crippen LogP contribution in [0.15, 0.2) is 36.4 Å². The predicted molar refractivity (Wildman–Crippen MR) is 139 cm³/mol. The lowest BCUT2D eigenvalue weighted by atomic mass is 10.0. The Kier molecular flexibility index (Phi) is 10.7. The van der Waals surface area contributed by atoms with Crippen molar-refractivity contribution >= 4 is 97.7 Å². The summed E-state index contributed by atoms with van der Waals surface area (Å²) in [5.41, 5.74) is 2.43. The zero-order chi connectivity index (χ0) is 18.7. The quantitative estimate of drug-likeness (QED) is 0.284. The van der Waals surface area contributed by atoms with Crippen LogP contribution in [0, 0.1) is 7.14 Å². The SMILES string of the molecule is CCN(CC)CCNC(=O)c1c2cc(I)ccc2nc2ccc(I)cc12.Cl.Cl. The molecule has 0 fully saturated rings. The molecular formula is C20H23Cl2I2N3O. The molecule has 3 rings (SSSR count). The van der Waals surface area contributed by atoms with E-state index in [1.807, 2.05) is 36.4 Å². The van der Waals surface area contributed by atoms with Crippen LogP contribution in [0.2, 0.25) is 0 Å². The second-order valence-electron chi connectivity index (χ2n) is 6.09. The van der Waals surface area contributed by atoms with Gasteiger partial charge in [-0.25, -0.2) is 4.98 Å². The number of likely N-dealkylation sites (N-methyl/N-ethyl adjacent to an activating group) is 1. The summed E-state index contributed by atoms with van der Waals surface area (Å²) < 4.78 is 2.19. The maximum Gasteiger partial charge on any atom is 0.252 e. The van der Waals surface area contributed by atoms with E-state index in [9.17, 15) is 4.79 Å². The number of amides is 1. The summed E-state index contributed by atoms with van der Waals surface area (Å²) in [5.74, 6) is -0.0291. The summed E-state index contributed by atoms with van der Waals surface area (Å²) in [5, 5.41) is 4.93. The predicted octanol–water partition coefficient (Wildman–Crippen LogP) is 5.51. The van der Waals surface area contributed by atoms with E-state index in [0.29, 0.717) is 6.54 Å². The van der Waals surface area contributed by atoms with Gasteiger partial charge in [-0.2, -0.15) is 0 Å². The van der Waals surface area contributed by atoms with Crippen LogP contribution in [0.25, 0.3) is 21.8 Å². The van der Waals surface area contributed by atoms with Crippen LogP contribution in [0.1, 0.15) is 24.2 Å². The molecule has 152 valence electrons. The fourth-order valence-corrected chi connectivity index (χ4v) is 4.07. The largest absolute Gasteiger partial charge is 0.351 e. The lowest BCUT2D eigenvalue weighted by molar-refractivity contribution is 0.0952. The number of nitrogens with one attached hydrogen (secondary N) is 1. The molecule has 2 aromatic carbocycles. The van der Waals surface area contributed by atoms with E-state index < -0.39 is 0 Å². The van der Waals surface area contributed by atoms with Gasteiger partial charge in [0.25, 0.3) is 5.91 Å². The van der Waals surface area contributed by atoms with Crippen molar-refractivity contribution in [2.45, 2.75) is 13.8 Å². The van der Waals surface area contributed by atoms with Gasteiger partial charge in [0, 0.05) is 31.0 Å². The highest BCUT2D eigenvalue weighted by molar-refractivity contribution is 14.1. The van der Waals surface area contributed by atoms with Gasteiger partial charge in [0.1, 0.15) is 0 Å². The molecule has 1 amide bonds. The van der Waals surface area contributed by atoms with Crippen molar-refractivity contribution in [3.8, 4) is 0 Å². The van der Waals surface area contributed by atoms with Crippen LogP contribution in [-0.4, -0.2) is 42.0 Å². The number of carbonyl (C=O) groups is 1. The minimum Gasteiger partial charge on any atom is -0.351 e. The van der Waals surface area contributed by atoms with E-state index in [1.54, 1.807) is 0 Å². The third-order valence-electron chi connectivity index (χ3n) is 4.53. The molecule has 1 heterocycles. The van der Waals surface area contributed by atoms with Crippen LogP contribution in [0.3, 0.4) is 0 Å². The number of aromatic nitrogens is 1. The Morgan fingerprint density at radius 2 is 1.46 bits per heavy atom. The summed E-state index contributed by atoms with van der Waals surface area (Å²) in [7, 11) is 0. The lowest BCUT2D eigenvalue weighted by Crippen LogP contribution is -2.35. The molecular weight excluding hydrogens is 623 g/mol. The van der Waals surface area contributed by atoms with Gasteiger partial charge in [0.15, 0.2) is 0 Å². The van der Waals surface area contributed by atoms with Crippen molar-refractivity contribution in [3.05, 3.63) is 49.1 Å². The second-order valence-corrected chi connectivity index (χ2v) is 8.58. The first-order chi connectivity index (χ1) is 12.5. The Bertz CT molecular complexity index is 905. The molecule has 0 aliphatic rings. The Morgan fingerprint density at radius 3 is 1.93 bits per heavy atom. The van der Waals surface area contributed by atoms with E-state index in [4.69, 9.17) is 4.98 Å². The number of hydrogen-bond acceptors (Lipinski definition) is 3. The fraction of sp³-hybridized carbons (Fsp3) is 0.300. The number of pyridine rings is 1. The Labute approximate surface area is 205 Å². The third kappa shape index (κ3) is 5.81.